The van der Waals surface area contributed by atoms with Crippen LogP contribution in [0.15, 0.2) is 273 Å². The van der Waals surface area contributed by atoms with E-state index in [4.69, 9.17) is 18.9 Å². The van der Waals surface area contributed by atoms with Gasteiger partial charge in [-0.25, -0.2) is 0 Å². The molecule has 0 aliphatic rings. The fourth-order valence-corrected chi connectivity index (χ4v) is 10.6. The minimum atomic E-state index is 0.753. The second-order valence-electron chi connectivity index (χ2n) is 18.9. The van der Waals surface area contributed by atoms with Gasteiger partial charge in [-0.1, -0.05) is 97.1 Å². The third-order valence-corrected chi connectivity index (χ3v) is 14.2. The first-order valence-electron chi connectivity index (χ1n) is 26.2. The minimum Gasteiger partial charge on any atom is -0.497 e. The first-order valence-corrected chi connectivity index (χ1v) is 26.2. The summed E-state index contributed by atoms with van der Waals surface area (Å²) in [4.78, 5) is 9.17. The molecule has 0 saturated carbocycles. The summed E-state index contributed by atoms with van der Waals surface area (Å²) >= 11 is 0. The van der Waals surface area contributed by atoms with Crippen LogP contribution in [0.5, 0.6) is 23.0 Å². The van der Waals surface area contributed by atoms with Gasteiger partial charge in [0, 0.05) is 91.9 Å². The lowest BCUT2D eigenvalue weighted by atomic mass is 10.1. The van der Waals surface area contributed by atoms with E-state index in [0.717, 1.165) is 119 Å². The molecule has 79 heavy (non-hydrogen) atoms. The maximum atomic E-state index is 5.87. The van der Waals surface area contributed by atoms with Gasteiger partial charge in [-0.05, 0) is 152 Å². The van der Waals surface area contributed by atoms with Crippen molar-refractivity contribution in [3.8, 4) is 28.7 Å². The average Bonchev–Trinajstić information content (AvgIpc) is 4.05. The smallest absolute Gasteiger partial charge is 0.120 e. The molecule has 0 unspecified atom stereocenters. The molecule has 12 rings (SSSR count). The highest BCUT2D eigenvalue weighted by Gasteiger charge is 2.25. The number of ether oxygens (including phenoxy) is 4. The second-order valence-corrected chi connectivity index (χ2v) is 18.9. The van der Waals surface area contributed by atoms with E-state index in [1.54, 1.807) is 28.4 Å². The Labute approximate surface area is 461 Å². The maximum absolute atomic E-state index is 5.87. The zero-order valence-electron chi connectivity index (χ0n) is 44.3. The number of rotatable bonds is 17. The van der Waals surface area contributed by atoms with Crippen LogP contribution < -0.4 is 38.5 Å². The number of para-hydroxylation sites is 4. The topological polar surface area (TPSA) is 54.8 Å². The van der Waals surface area contributed by atoms with Crippen LogP contribution in [0.4, 0.5) is 68.2 Å². The Hall–Kier alpha value is -10.4. The van der Waals surface area contributed by atoms with Crippen LogP contribution in [0, 0.1) is 0 Å². The summed E-state index contributed by atoms with van der Waals surface area (Å²) in [6.45, 7) is 0. The zero-order valence-corrected chi connectivity index (χ0v) is 44.3. The lowest BCUT2D eigenvalue weighted by Gasteiger charge is -2.30. The fraction of sp³-hybridized carbons (Fsp3) is 0.0571. The first-order chi connectivity index (χ1) is 39.0. The van der Waals surface area contributed by atoms with Gasteiger partial charge >= 0.3 is 0 Å². The van der Waals surface area contributed by atoms with Crippen molar-refractivity contribution in [2.45, 2.75) is 0 Å². The average molecular weight is 1030 g/mol. The normalized spacial score (nSPS) is 11.0. The van der Waals surface area contributed by atoms with E-state index in [1.807, 2.05) is 48.5 Å². The third-order valence-electron chi connectivity index (χ3n) is 14.2. The molecule has 12 aromatic rings. The number of hydrogen-bond donors (Lipinski definition) is 0. The van der Waals surface area contributed by atoms with Crippen molar-refractivity contribution in [1.29, 1.82) is 0 Å². The van der Waals surface area contributed by atoms with E-state index >= 15 is 0 Å². The summed E-state index contributed by atoms with van der Waals surface area (Å²) in [7, 11) is 6.84. The van der Waals surface area contributed by atoms with Crippen molar-refractivity contribution in [3.05, 3.63) is 273 Å². The van der Waals surface area contributed by atoms with Crippen molar-refractivity contribution in [1.82, 2.24) is 4.57 Å². The van der Waals surface area contributed by atoms with Gasteiger partial charge in [0.05, 0.1) is 56.5 Å². The molecule has 9 heteroatoms. The molecule has 386 valence electrons. The van der Waals surface area contributed by atoms with Gasteiger partial charge in [-0.2, -0.15) is 0 Å². The van der Waals surface area contributed by atoms with Crippen molar-refractivity contribution in [2.24, 2.45) is 0 Å². The van der Waals surface area contributed by atoms with Crippen LogP contribution in [-0.4, -0.2) is 33.0 Å². The molecule has 0 spiro atoms. The largest absolute Gasteiger partial charge is 0.497 e. The van der Waals surface area contributed by atoms with Gasteiger partial charge < -0.3 is 43.1 Å². The Balaban J connectivity index is 1.17. The summed E-state index contributed by atoms with van der Waals surface area (Å²) in [6.07, 6.45) is 0. The van der Waals surface area contributed by atoms with E-state index in [0.29, 0.717) is 0 Å². The number of methoxy groups -OCH3 is 4. The number of anilines is 12. The fourth-order valence-electron chi connectivity index (χ4n) is 10.6. The van der Waals surface area contributed by atoms with Gasteiger partial charge in [0.1, 0.15) is 23.0 Å². The van der Waals surface area contributed by atoms with E-state index in [2.05, 4.69) is 249 Å². The molecule has 0 aliphatic heterocycles. The highest BCUT2D eigenvalue weighted by molar-refractivity contribution is 6.12. The molecule has 11 aromatic carbocycles. The van der Waals surface area contributed by atoms with Crippen LogP contribution in [0.2, 0.25) is 0 Å². The summed E-state index contributed by atoms with van der Waals surface area (Å²) in [5.41, 5.74) is 14.6. The Morgan fingerprint density at radius 3 is 0.785 bits per heavy atom. The molecule has 0 fully saturated rings. The number of benzene rings is 11. The van der Waals surface area contributed by atoms with E-state index < -0.39 is 0 Å². The van der Waals surface area contributed by atoms with Crippen LogP contribution in [0.25, 0.3) is 27.5 Å². The standard InChI is InChI=1S/C70H57N5O4/c1-76-63-33-17-29-54(44-63)71(50-21-9-5-10-22-50)58-37-39-69-67(48-58)68-49-59(72(51-23-11-6-12-24-51)55-30-18-34-64(45-55)77-2)38-40-70(68)75(69)62-42-60(73(52-25-13-7-14-26-52)56-31-19-35-65(46-56)78-3)41-61(43-62)74(53-27-15-8-16-28-53)57-32-20-36-66(47-57)79-4/h5-49H,1-4H3. The molecule has 0 bridgehead atoms. The van der Waals surface area contributed by atoms with Gasteiger partial charge in [0.2, 0.25) is 0 Å². The summed E-state index contributed by atoms with van der Waals surface area (Å²) in [5, 5.41) is 2.12. The first kappa shape index (κ1) is 49.5. The highest BCUT2D eigenvalue weighted by Crippen LogP contribution is 2.47. The van der Waals surface area contributed by atoms with Gasteiger partial charge in [-0.3, -0.25) is 0 Å². The SMILES string of the molecule is COc1cccc(N(c2ccccc2)c2cc(N(c3ccccc3)c3cccc(OC)c3)cc(-n3c4ccc(N(c5ccccc5)c5cccc(OC)c5)cc4c4cc(N(c5ccccc5)c5cccc(OC)c5)ccc43)c2)c1. The van der Waals surface area contributed by atoms with Gasteiger partial charge in [-0.15, -0.1) is 0 Å². The van der Waals surface area contributed by atoms with Crippen molar-refractivity contribution in [3.63, 3.8) is 0 Å². The maximum Gasteiger partial charge on any atom is 0.120 e. The number of nitrogens with zero attached hydrogens (tertiary/aromatic N) is 5. The quantitative estimate of drug-likeness (QED) is 0.0894. The molecule has 0 saturated heterocycles. The predicted octanol–water partition coefficient (Wildman–Crippen LogP) is 18.7. The monoisotopic (exact) mass is 1030 g/mol. The summed E-state index contributed by atoms with van der Waals surface area (Å²) < 4.78 is 25.8. The van der Waals surface area contributed by atoms with Crippen LogP contribution in [-0.2, 0) is 0 Å². The molecule has 0 amide bonds. The number of aromatic nitrogens is 1. The highest BCUT2D eigenvalue weighted by atomic mass is 16.5. The predicted molar refractivity (Wildman–Crippen MR) is 326 cm³/mol. The van der Waals surface area contributed by atoms with Crippen LogP contribution in [0.3, 0.4) is 0 Å². The Morgan fingerprint density at radius 1 is 0.228 bits per heavy atom. The lowest BCUT2D eigenvalue weighted by Crippen LogP contribution is -2.14. The summed E-state index contributed by atoms with van der Waals surface area (Å²) in [6, 6.07) is 95.4. The Bertz CT molecular complexity index is 3800. The molecule has 0 radical (unpaired) electrons. The molecular weight excluding hydrogens is 975 g/mol. The second kappa shape index (κ2) is 22.1. The van der Waals surface area contributed by atoms with Gasteiger partial charge in [0.15, 0.2) is 0 Å². The third kappa shape index (κ3) is 9.89. The zero-order chi connectivity index (χ0) is 53.7. The lowest BCUT2D eigenvalue weighted by molar-refractivity contribution is 0.415. The number of fused-ring (bicyclic) bond motifs is 3. The number of hydrogen-bond acceptors (Lipinski definition) is 8. The van der Waals surface area contributed by atoms with E-state index in [1.165, 1.54) is 0 Å². The molecule has 1 aromatic heterocycles. The molecule has 9 nitrogen and oxygen atoms in total. The Kier molecular flexibility index (Phi) is 13.8. The molecular formula is C70H57N5O4. The molecule has 0 atom stereocenters. The minimum absolute atomic E-state index is 0.753. The molecule has 0 N–H and O–H groups in total. The van der Waals surface area contributed by atoms with E-state index in [9.17, 15) is 0 Å². The van der Waals surface area contributed by atoms with Crippen LogP contribution in [0.1, 0.15) is 0 Å². The Morgan fingerprint density at radius 2 is 0.494 bits per heavy atom. The van der Waals surface area contributed by atoms with Crippen molar-refractivity contribution in [2.75, 3.05) is 48.0 Å². The van der Waals surface area contributed by atoms with Gasteiger partial charge in [0.25, 0.3) is 0 Å². The summed E-state index contributed by atoms with van der Waals surface area (Å²) in [5.74, 6) is 3.05. The molecule has 0 aliphatic carbocycles. The molecule has 1 heterocycles. The van der Waals surface area contributed by atoms with Crippen molar-refractivity contribution < 1.29 is 18.9 Å². The van der Waals surface area contributed by atoms with Crippen LogP contribution >= 0.6 is 0 Å². The van der Waals surface area contributed by atoms with E-state index in [-0.39, 0.29) is 0 Å². The van der Waals surface area contributed by atoms with Crippen molar-refractivity contribution >= 4 is 90.1 Å².